The zero-order chi connectivity index (χ0) is 15.8. The van der Waals surface area contributed by atoms with Crippen molar-refractivity contribution in [1.82, 2.24) is 0 Å². The second kappa shape index (κ2) is 8.11. The third-order valence-corrected chi connectivity index (χ3v) is 3.64. The summed E-state index contributed by atoms with van der Waals surface area (Å²) in [5.41, 5.74) is 5.80. The highest BCUT2D eigenvalue weighted by Crippen LogP contribution is 2.13. The Labute approximate surface area is 134 Å². The van der Waals surface area contributed by atoms with E-state index in [4.69, 9.17) is 0 Å². The van der Waals surface area contributed by atoms with Gasteiger partial charge >= 0.3 is 0 Å². The van der Waals surface area contributed by atoms with Gasteiger partial charge in [0.25, 0.3) is 0 Å². The Hall–Kier alpha value is -2.44. The Morgan fingerprint density at radius 2 is 1.68 bits per heavy atom. The van der Waals surface area contributed by atoms with Crippen molar-refractivity contribution < 1.29 is 0 Å². The van der Waals surface area contributed by atoms with Crippen molar-refractivity contribution >= 4 is 0 Å². The van der Waals surface area contributed by atoms with E-state index in [-0.39, 0.29) is 0 Å². The highest BCUT2D eigenvalue weighted by Gasteiger charge is 1.99. The average molecular weight is 286 g/mol. The minimum absolute atomic E-state index is 1.05. The lowest BCUT2D eigenvalue weighted by Crippen LogP contribution is -1.90. The first-order valence-electron chi connectivity index (χ1n) is 7.88. The molecule has 0 heteroatoms. The number of rotatable bonds is 3. The van der Waals surface area contributed by atoms with Gasteiger partial charge in [0.2, 0.25) is 0 Å². The molecule has 0 aliphatic heterocycles. The van der Waals surface area contributed by atoms with Gasteiger partial charge in [-0.1, -0.05) is 49.3 Å². The number of hydrogen-bond donors (Lipinski definition) is 0. The van der Waals surface area contributed by atoms with Gasteiger partial charge in [-0.05, 0) is 62.1 Å². The van der Waals surface area contributed by atoms with Crippen molar-refractivity contribution in [2.24, 2.45) is 0 Å². The highest BCUT2D eigenvalue weighted by atomic mass is 14.0. The van der Waals surface area contributed by atoms with E-state index in [9.17, 15) is 0 Å². The standard InChI is InChI=1S/C22H22/c1-4-6-10-21-11-7-8-12-22(21)16-15-20-14-13-19(9-5-2)17-18(20)3/h7-8,11-14,17H,4,6,10H2,1-3H3. The molecule has 2 aromatic carbocycles. The van der Waals surface area contributed by atoms with Crippen molar-refractivity contribution in [3.63, 3.8) is 0 Å². The Bertz CT molecular complexity index is 758. The molecule has 22 heavy (non-hydrogen) atoms. The molecule has 0 unspecified atom stereocenters. The molecule has 0 fully saturated rings. The first-order valence-corrected chi connectivity index (χ1v) is 7.88. The lowest BCUT2D eigenvalue weighted by molar-refractivity contribution is 0.794. The maximum Gasteiger partial charge on any atom is 0.0281 e. The Kier molecular flexibility index (Phi) is 5.88. The molecule has 0 radical (unpaired) electrons. The predicted molar refractivity (Wildman–Crippen MR) is 94.8 cm³/mol. The molecule has 110 valence electrons. The maximum atomic E-state index is 3.34. The quantitative estimate of drug-likeness (QED) is 0.688. The van der Waals surface area contributed by atoms with Gasteiger partial charge in [0.05, 0.1) is 0 Å². The summed E-state index contributed by atoms with van der Waals surface area (Å²) in [6, 6.07) is 14.7. The van der Waals surface area contributed by atoms with Crippen molar-refractivity contribution in [1.29, 1.82) is 0 Å². The van der Waals surface area contributed by atoms with Crippen molar-refractivity contribution in [2.45, 2.75) is 40.0 Å². The smallest absolute Gasteiger partial charge is 0.0281 e. The van der Waals surface area contributed by atoms with E-state index in [1.54, 1.807) is 0 Å². The fourth-order valence-electron chi connectivity index (χ4n) is 2.39. The fraction of sp³-hybridized carbons (Fsp3) is 0.273. The molecule has 2 rings (SSSR count). The molecule has 0 spiro atoms. The van der Waals surface area contributed by atoms with Crippen molar-refractivity contribution in [3.8, 4) is 23.7 Å². The minimum atomic E-state index is 1.05. The Morgan fingerprint density at radius 3 is 2.41 bits per heavy atom. The highest BCUT2D eigenvalue weighted by molar-refractivity contribution is 5.51. The van der Waals surface area contributed by atoms with Crippen LogP contribution < -0.4 is 0 Å². The van der Waals surface area contributed by atoms with Gasteiger partial charge < -0.3 is 0 Å². The van der Waals surface area contributed by atoms with Crippen LogP contribution in [0.4, 0.5) is 0 Å². The molecule has 0 amide bonds. The lowest BCUT2D eigenvalue weighted by atomic mass is 10.0. The van der Waals surface area contributed by atoms with Crippen LogP contribution in [0.25, 0.3) is 0 Å². The summed E-state index contributed by atoms with van der Waals surface area (Å²) in [6.45, 7) is 6.17. The van der Waals surface area contributed by atoms with Crippen LogP contribution in [0.2, 0.25) is 0 Å². The monoisotopic (exact) mass is 286 g/mol. The second-order valence-corrected chi connectivity index (χ2v) is 5.42. The summed E-state index contributed by atoms with van der Waals surface area (Å²) in [5, 5.41) is 0. The van der Waals surface area contributed by atoms with Gasteiger partial charge in [-0.3, -0.25) is 0 Å². The van der Waals surface area contributed by atoms with E-state index in [1.807, 2.05) is 13.0 Å². The minimum Gasteiger partial charge on any atom is -0.101 e. The van der Waals surface area contributed by atoms with E-state index in [0.29, 0.717) is 0 Å². The number of unbranched alkanes of at least 4 members (excludes halogenated alkanes) is 1. The summed E-state index contributed by atoms with van der Waals surface area (Å²) in [6.07, 6.45) is 3.52. The van der Waals surface area contributed by atoms with Crippen molar-refractivity contribution in [3.05, 3.63) is 70.3 Å². The molecule has 0 N–H and O–H groups in total. The first-order chi connectivity index (χ1) is 10.7. The number of hydrogen-bond acceptors (Lipinski definition) is 0. The zero-order valence-electron chi connectivity index (χ0n) is 13.7. The molecule has 0 saturated heterocycles. The summed E-state index contributed by atoms with van der Waals surface area (Å²) >= 11 is 0. The third kappa shape index (κ3) is 4.28. The zero-order valence-corrected chi connectivity index (χ0v) is 13.7. The number of benzene rings is 2. The molecule has 0 heterocycles. The van der Waals surface area contributed by atoms with E-state index >= 15 is 0 Å². The molecular formula is C22H22. The molecule has 0 atom stereocenters. The van der Waals surface area contributed by atoms with Gasteiger partial charge in [-0.15, -0.1) is 5.92 Å². The largest absolute Gasteiger partial charge is 0.101 e. The summed E-state index contributed by atoms with van der Waals surface area (Å²) in [4.78, 5) is 0. The molecule has 0 aromatic heterocycles. The van der Waals surface area contributed by atoms with Crippen LogP contribution >= 0.6 is 0 Å². The van der Waals surface area contributed by atoms with E-state index in [0.717, 1.165) is 23.1 Å². The van der Waals surface area contributed by atoms with Crippen LogP contribution in [0.3, 0.4) is 0 Å². The van der Waals surface area contributed by atoms with Crippen LogP contribution in [-0.4, -0.2) is 0 Å². The number of aryl methyl sites for hydroxylation is 2. The van der Waals surface area contributed by atoms with Crippen LogP contribution in [0.1, 0.15) is 54.5 Å². The van der Waals surface area contributed by atoms with Crippen LogP contribution in [-0.2, 0) is 6.42 Å². The van der Waals surface area contributed by atoms with E-state index < -0.39 is 0 Å². The maximum absolute atomic E-state index is 3.34. The Morgan fingerprint density at radius 1 is 0.909 bits per heavy atom. The summed E-state index contributed by atoms with van der Waals surface area (Å²) in [5.74, 6) is 12.7. The van der Waals surface area contributed by atoms with E-state index in [2.05, 4.69) is 73.9 Å². The van der Waals surface area contributed by atoms with Gasteiger partial charge in [-0.2, -0.15) is 0 Å². The molecule has 2 aromatic rings. The molecule has 0 bridgehead atoms. The SMILES string of the molecule is CC#Cc1ccc(C#Cc2ccccc2CCCC)c(C)c1. The molecule has 0 saturated carbocycles. The molecule has 0 aliphatic rings. The van der Waals surface area contributed by atoms with Gasteiger partial charge in [-0.25, -0.2) is 0 Å². The van der Waals surface area contributed by atoms with Gasteiger partial charge in [0.15, 0.2) is 0 Å². The normalized spacial score (nSPS) is 9.41. The summed E-state index contributed by atoms with van der Waals surface area (Å²) in [7, 11) is 0. The van der Waals surface area contributed by atoms with Crippen LogP contribution in [0.5, 0.6) is 0 Å². The molecule has 0 aliphatic carbocycles. The summed E-state index contributed by atoms with van der Waals surface area (Å²) < 4.78 is 0. The van der Waals surface area contributed by atoms with Gasteiger partial charge in [0.1, 0.15) is 0 Å². The fourth-order valence-corrected chi connectivity index (χ4v) is 2.39. The van der Waals surface area contributed by atoms with Crippen LogP contribution in [0.15, 0.2) is 42.5 Å². The first kappa shape index (κ1) is 15.9. The topological polar surface area (TPSA) is 0 Å². The lowest BCUT2D eigenvalue weighted by Gasteiger charge is -2.03. The third-order valence-electron chi connectivity index (χ3n) is 3.64. The van der Waals surface area contributed by atoms with E-state index in [1.165, 1.54) is 24.0 Å². The average Bonchev–Trinajstić information content (AvgIpc) is 2.53. The van der Waals surface area contributed by atoms with Gasteiger partial charge in [0, 0.05) is 16.7 Å². The molecule has 0 nitrogen and oxygen atoms in total. The molecular weight excluding hydrogens is 264 g/mol. The predicted octanol–water partition coefficient (Wildman–Crippen LogP) is 5.11. The van der Waals surface area contributed by atoms with Crippen LogP contribution in [0, 0.1) is 30.6 Å². The second-order valence-electron chi connectivity index (χ2n) is 5.42. The van der Waals surface area contributed by atoms with Crippen molar-refractivity contribution in [2.75, 3.05) is 0 Å². The Balaban J connectivity index is 2.28.